The van der Waals surface area contributed by atoms with E-state index in [1.54, 1.807) is 0 Å². The van der Waals surface area contributed by atoms with Gasteiger partial charge >= 0.3 is 0 Å². The molecule has 0 spiro atoms. The van der Waals surface area contributed by atoms with E-state index in [4.69, 9.17) is 5.73 Å². The molecule has 1 heterocycles. The Balaban J connectivity index is 2.60. The van der Waals surface area contributed by atoms with Crippen molar-refractivity contribution in [3.63, 3.8) is 0 Å². The van der Waals surface area contributed by atoms with E-state index in [-0.39, 0.29) is 0 Å². The maximum Gasteiger partial charge on any atom is 0.134 e. The molecule has 1 rings (SSSR count). The molecule has 0 saturated heterocycles. The van der Waals surface area contributed by atoms with E-state index in [0.717, 1.165) is 17.8 Å². The molecule has 1 atom stereocenters. The zero-order valence-corrected chi connectivity index (χ0v) is 9.75. The highest BCUT2D eigenvalue weighted by Gasteiger charge is 2.07. The lowest BCUT2D eigenvalue weighted by molar-refractivity contribution is 0.642. The number of rotatable bonds is 5. The average Bonchev–Trinajstić information content (AvgIpc) is 2.22. The number of nitrogens with two attached hydrogens (primary N) is 1. The lowest BCUT2D eigenvalue weighted by atomic mass is 10.1. The molecule has 0 amide bonds. The molecule has 1 aromatic rings. The number of hydrogen-bond donors (Lipinski definition) is 2. The first-order chi connectivity index (χ1) is 7.15. The summed E-state index contributed by atoms with van der Waals surface area (Å²) in [5.74, 6) is 1.40. The van der Waals surface area contributed by atoms with Crippen molar-refractivity contribution in [1.29, 1.82) is 0 Å². The second kappa shape index (κ2) is 5.53. The minimum atomic E-state index is 0.429. The fraction of sp³-hybridized carbons (Fsp3) is 0.636. The summed E-state index contributed by atoms with van der Waals surface area (Å²) in [5, 5.41) is 3.35. The number of anilines is 2. The molecule has 0 aliphatic heterocycles. The molecule has 0 aliphatic rings. The molecular formula is C11H20N4. The van der Waals surface area contributed by atoms with E-state index in [2.05, 4.69) is 29.1 Å². The Hall–Kier alpha value is -1.32. The lowest BCUT2D eigenvalue weighted by Crippen LogP contribution is -2.17. The van der Waals surface area contributed by atoms with Gasteiger partial charge in [-0.05, 0) is 20.3 Å². The quantitative estimate of drug-likeness (QED) is 0.779. The van der Waals surface area contributed by atoms with Crippen molar-refractivity contribution in [2.75, 3.05) is 11.1 Å². The molecule has 84 valence electrons. The Kier molecular flexibility index (Phi) is 4.34. The molecule has 4 nitrogen and oxygen atoms in total. The number of nitrogens with zero attached hydrogens (tertiary/aromatic N) is 2. The summed E-state index contributed by atoms with van der Waals surface area (Å²) in [4.78, 5) is 8.12. The molecule has 1 unspecified atom stereocenters. The Labute approximate surface area is 91.3 Å². The minimum absolute atomic E-state index is 0.429. The van der Waals surface area contributed by atoms with Crippen LogP contribution < -0.4 is 11.1 Å². The fourth-order valence-corrected chi connectivity index (χ4v) is 1.43. The van der Waals surface area contributed by atoms with Crippen molar-refractivity contribution in [3.05, 3.63) is 11.9 Å². The summed E-state index contributed by atoms with van der Waals surface area (Å²) in [6.45, 7) is 6.29. The van der Waals surface area contributed by atoms with E-state index < -0.39 is 0 Å². The second-order valence-electron chi connectivity index (χ2n) is 3.92. The third-order valence-corrected chi connectivity index (χ3v) is 2.50. The van der Waals surface area contributed by atoms with Crippen LogP contribution in [0.3, 0.4) is 0 Å². The van der Waals surface area contributed by atoms with E-state index in [9.17, 15) is 0 Å². The Morgan fingerprint density at radius 1 is 1.47 bits per heavy atom. The van der Waals surface area contributed by atoms with Gasteiger partial charge in [0.2, 0.25) is 0 Å². The Morgan fingerprint density at radius 3 is 2.87 bits per heavy atom. The highest BCUT2D eigenvalue weighted by molar-refractivity contribution is 5.54. The smallest absolute Gasteiger partial charge is 0.134 e. The van der Waals surface area contributed by atoms with Crippen LogP contribution in [0, 0.1) is 6.92 Å². The molecule has 1 aromatic heterocycles. The first-order valence-corrected chi connectivity index (χ1v) is 5.48. The summed E-state index contributed by atoms with van der Waals surface area (Å²) in [5.41, 5.74) is 6.64. The summed E-state index contributed by atoms with van der Waals surface area (Å²) in [7, 11) is 0. The van der Waals surface area contributed by atoms with Gasteiger partial charge in [0.25, 0.3) is 0 Å². The second-order valence-corrected chi connectivity index (χ2v) is 3.92. The molecule has 0 aliphatic carbocycles. The van der Waals surface area contributed by atoms with Crippen LogP contribution in [0.2, 0.25) is 0 Å². The normalized spacial score (nSPS) is 12.5. The van der Waals surface area contributed by atoms with Gasteiger partial charge in [0.05, 0.1) is 0 Å². The van der Waals surface area contributed by atoms with E-state index >= 15 is 0 Å². The number of hydrogen-bond acceptors (Lipinski definition) is 4. The van der Waals surface area contributed by atoms with Gasteiger partial charge in [-0.3, -0.25) is 0 Å². The zero-order valence-electron chi connectivity index (χ0n) is 9.75. The fourth-order valence-electron chi connectivity index (χ4n) is 1.43. The van der Waals surface area contributed by atoms with Crippen molar-refractivity contribution >= 4 is 11.6 Å². The number of aromatic nitrogens is 2. The SMILES string of the molecule is CCCCC(C)Nc1ncnc(N)c1C. The van der Waals surface area contributed by atoms with Crippen LogP contribution in [0.1, 0.15) is 38.7 Å². The third kappa shape index (κ3) is 3.38. The number of unbranched alkanes of at least 4 members (excludes halogenated alkanes) is 1. The standard InChI is InChI=1S/C11H20N4/c1-4-5-6-8(2)15-11-9(3)10(12)13-7-14-11/h7-8H,4-6H2,1-3H3,(H3,12,13,14,15). The highest BCUT2D eigenvalue weighted by atomic mass is 15.0. The van der Waals surface area contributed by atoms with Gasteiger partial charge in [0, 0.05) is 11.6 Å². The monoisotopic (exact) mass is 208 g/mol. The van der Waals surface area contributed by atoms with Gasteiger partial charge in [-0.2, -0.15) is 0 Å². The van der Waals surface area contributed by atoms with Crippen LogP contribution in [-0.4, -0.2) is 16.0 Å². The largest absolute Gasteiger partial charge is 0.383 e. The molecule has 0 radical (unpaired) electrons. The minimum Gasteiger partial charge on any atom is -0.383 e. The summed E-state index contributed by atoms with van der Waals surface area (Å²) in [6, 6.07) is 0.429. The van der Waals surface area contributed by atoms with Crippen LogP contribution in [0.15, 0.2) is 6.33 Å². The number of nitrogens with one attached hydrogen (secondary N) is 1. The van der Waals surface area contributed by atoms with Crippen molar-refractivity contribution in [2.24, 2.45) is 0 Å². The van der Waals surface area contributed by atoms with Crippen LogP contribution in [-0.2, 0) is 0 Å². The zero-order chi connectivity index (χ0) is 11.3. The van der Waals surface area contributed by atoms with Crippen LogP contribution >= 0.6 is 0 Å². The summed E-state index contributed by atoms with van der Waals surface area (Å²) >= 11 is 0. The maximum atomic E-state index is 5.71. The Bertz CT molecular complexity index is 311. The molecule has 0 aromatic carbocycles. The van der Waals surface area contributed by atoms with E-state index in [1.165, 1.54) is 19.2 Å². The average molecular weight is 208 g/mol. The van der Waals surface area contributed by atoms with Gasteiger partial charge < -0.3 is 11.1 Å². The third-order valence-electron chi connectivity index (χ3n) is 2.50. The lowest BCUT2D eigenvalue weighted by Gasteiger charge is -2.15. The molecule has 3 N–H and O–H groups in total. The van der Waals surface area contributed by atoms with Crippen LogP contribution in [0.4, 0.5) is 11.6 Å². The van der Waals surface area contributed by atoms with Crippen molar-refractivity contribution in [2.45, 2.75) is 46.1 Å². The van der Waals surface area contributed by atoms with Crippen molar-refractivity contribution in [3.8, 4) is 0 Å². The van der Waals surface area contributed by atoms with Gasteiger partial charge in [0.15, 0.2) is 0 Å². The van der Waals surface area contributed by atoms with Gasteiger partial charge in [-0.25, -0.2) is 9.97 Å². The predicted molar refractivity (Wildman–Crippen MR) is 63.8 cm³/mol. The maximum absolute atomic E-state index is 5.71. The topological polar surface area (TPSA) is 63.8 Å². The number of nitrogen functional groups attached to an aromatic ring is 1. The molecular weight excluding hydrogens is 188 g/mol. The van der Waals surface area contributed by atoms with Crippen LogP contribution in [0.5, 0.6) is 0 Å². The predicted octanol–water partition coefficient (Wildman–Crippen LogP) is 2.36. The Morgan fingerprint density at radius 2 is 2.20 bits per heavy atom. The molecule has 0 fully saturated rings. The molecule has 0 saturated carbocycles. The molecule has 0 bridgehead atoms. The summed E-state index contributed by atoms with van der Waals surface area (Å²) in [6.07, 6.45) is 5.10. The highest BCUT2D eigenvalue weighted by Crippen LogP contribution is 2.16. The molecule has 4 heteroatoms. The van der Waals surface area contributed by atoms with Gasteiger partial charge in [-0.15, -0.1) is 0 Å². The van der Waals surface area contributed by atoms with Crippen molar-refractivity contribution < 1.29 is 0 Å². The first kappa shape index (κ1) is 11.8. The summed E-state index contributed by atoms with van der Waals surface area (Å²) < 4.78 is 0. The van der Waals surface area contributed by atoms with Crippen molar-refractivity contribution in [1.82, 2.24) is 9.97 Å². The molecule has 15 heavy (non-hydrogen) atoms. The van der Waals surface area contributed by atoms with E-state index in [1.807, 2.05) is 6.92 Å². The van der Waals surface area contributed by atoms with E-state index in [0.29, 0.717) is 11.9 Å². The van der Waals surface area contributed by atoms with Gasteiger partial charge in [-0.1, -0.05) is 19.8 Å². The first-order valence-electron chi connectivity index (χ1n) is 5.48. The van der Waals surface area contributed by atoms with Gasteiger partial charge in [0.1, 0.15) is 18.0 Å². The van der Waals surface area contributed by atoms with Crippen LogP contribution in [0.25, 0.3) is 0 Å².